The molecule has 1 atom stereocenters. The Morgan fingerprint density at radius 3 is 3.21 bits per heavy atom. The van der Waals surface area contributed by atoms with Crippen molar-refractivity contribution in [1.82, 2.24) is 0 Å². The molecule has 1 aliphatic heterocycles. The summed E-state index contributed by atoms with van der Waals surface area (Å²) < 4.78 is 6.63. The van der Waals surface area contributed by atoms with E-state index in [1.807, 2.05) is 31.2 Å². The molecule has 0 radical (unpaired) electrons. The molecule has 0 aromatic heterocycles. The molecule has 2 rings (SSSR count). The summed E-state index contributed by atoms with van der Waals surface area (Å²) in [7, 11) is 0. The predicted octanol–water partition coefficient (Wildman–Crippen LogP) is 2.82. The number of hydrogen-bond acceptors (Lipinski definition) is 4. The van der Waals surface area contributed by atoms with E-state index in [1.165, 1.54) is 11.8 Å². The van der Waals surface area contributed by atoms with Gasteiger partial charge in [0.2, 0.25) is 5.91 Å². The van der Waals surface area contributed by atoms with Crippen LogP contribution in [0.2, 0.25) is 0 Å². The third-order valence-corrected chi connectivity index (χ3v) is 3.95. The lowest BCUT2D eigenvalue weighted by atomic mass is 10.2. The molecule has 0 fully saturated rings. The summed E-state index contributed by atoms with van der Waals surface area (Å²) in [6, 6.07) is 7.66. The monoisotopic (exact) mass is 340 g/mol. The van der Waals surface area contributed by atoms with Crippen LogP contribution in [-0.2, 0) is 4.79 Å². The fourth-order valence-corrected chi connectivity index (χ4v) is 2.78. The summed E-state index contributed by atoms with van der Waals surface area (Å²) in [5.41, 5.74) is 0.787. The van der Waals surface area contributed by atoms with E-state index in [0.717, 1.165) is 15.9 Å². The summed E-state index contributed by atoms with van der Waals surface area (Å²) in [5, 5.41) is 8.50. The Balaban J connectivity index is 2.20. The predicted molar refractivity (Wildman–Crippen MR) is 79.5 cm³/mol. The van der Waals surface area contributed by atoms with Crippen LogP contribution >= 0.6 is 27.7 Å². The van der Waals surface area contributed by atoms with Crippen molar-refractivity contribution >= 4 is 39.3 Å². The van der Waals surface area contributed by atoms with Gasteiger partial charge in [-0.15, -0.1) is 11.8 Å². The van der Waals surface area contributed by atoms with Gasteiger partial charge in [0, 0.05) is 4.47 Å². The highest BCUT2D eigenvalue weighted by atomic mass is 79.9. The Morgan fingerprint density at radius 1 is 1.68 bits per heavy atom. The Labute approximate surface area is 124 Å². The lowest BCUT2D eigenvalue weighted by Crippen LogP contribution is -2.43. The van der Waals surface area contributed by atoms with E-state index in [2.05, 4.69) is 15.9 Å². The smallest absolute Gasteiger partial charge is 0.237 e. The van der Waals surface area contributed by atoms with Crippen molar-refractivity contribution in [3.63, 3.8) is 0 Å². The Morgan fingerprint density at radius 2 is 2.47 bits per heavy atom. The lowest BCUT2D eigenvalue weighted by Gasteiger charge is -2.33. The van der Waals surface area contributed by atoms with Gasteiger partial charge >= 0.3 is 0 Å². The maximum absolute atomic E-state index is 12.2. The second kappa shape index (κ2) is 6.31. The van der Waals surface area contributed by atoms with Crippen LogP contribution < -0.4 is 9.64 Å². The molecule has 0 N–H and O–H groups in total. The summed E-state index contributed by atoms with van der Waals surface area (Å²) >= 11 is 4.73. The molecule has 1 unspecified atom stereocenters. The van der Waals surface area contributed by atoms with Crippen molar-refractivity contribution in [1.29, 1.82) is 5.26 Å². The maximum atomic E-state index is 12.2. The molecule has 100 valence electrons. The van der Waals surface area contributed by atoms with E-state index in [0.29, 0.717) is 18.1 Å². The van der Waals surface area contributed by atoms with Crippen LogP contribution in [0.1, 0.15) is 6.92 Å². The largest absolute Gasteiger partial charge is 0.487 e. The SMILES string of the molecule is CC1CN(C(=O)CSCC#N)c2cc(Br)ccc2O1. The zero-order valence-electron chi connectivity index (χ0n) is 10.4. The number of thioether (sulfide) groups is 1. The number of fused-ring (bicyclic) bond motifs is 1. The fourth-order valence-electron chi connectivity index (χ4n) is 1.91. The van der Waals surface area contributed by atoms with Gasteiger partial charge < -0.3 is 9.64 Å². The van der Waals surface area contributed by atoms with Crippen molar-refractivity contribution in [3.05, 3.63) is 22.7 Å². The molecule has 0 spiro atoms. The number of amides is 1. The number of hydrogen-bond donors (Lipinski definition) is 0. The third kappa shape index (κ3) is 3.43. The summed E-state index contributed by atoms with van der Waals surface area (Å²) in [6.45, 7) is 2.48. The zero-order chi connectivity index (χ0) is 13.8. The molecule has 1 aromatic rings. The lowest BCUT2D eigenvalue weighted by molar-refractivity contribution is -0.116. The second-order valence-corrected chi connectivity index (χ2v) is 6.10. The van der Waals surface area contributed by atoms with Crippen LogP contribution in [0.15, 0.2) is 22.7 Å². The summed E-state index contributed by atoms with van der Waals surface area (Å²) in [5.74, 6) is 1.37. The fraction of sp³-hybridized carbons (Fsp3) is 0.385. The van der Waals surface area contributed by atoms with Crippen molar-refractivity contribution in [2.45, 2.75) is 13.0 Å². The normalized spacial score (nSPS) is 17.3. The minimum atomic E-state index is -0.0291. The van der Waals surface area contributed by atoms with E-state index >= 15 is 0 Å². The average Bonchev–Trinajstić information content (AvgIpc) is 2.38. The van der Waals surface area contributed by atoms with Gasteiger partial charge in [-0.2, -0.15) is 5.26 Å². The van der Waals surface area contributed by atoms with Gasteiger partial charge in [0.05, 0.1) is 29.8 Å². The number of benzene rings is 1. The molecule has 4 nitrogen and oxygen atoms in total. The minimum absolute atomic E-state index is 0.00903. The van der Waals surface area contributed by atoms with E-state index in [4.69, 9.17) is 10.00 Å². The summed E-state index contributed by atoms with van der Waals surface area (Å²) in [4.78, 5) is 14.0. The van der Waals surface area contributed by atoms with Crippen molar-refractivity contribution in [3.8, 4) is 11.8 Å². The van der Waals surface area contributed by atoms with Crippen molar-refractivity contribution < 1.29 is 9.53 Å². The molecule has 1 heterocycles. The van der Waals surface area contributed by atoms with Crippen LogP contribution in [0, 0.1) is 11.3 Å². The average molecular weight is 341 g/mol. The molecule has 1 aromatic carbocycles. The van der Waals surface area contributed by atoms with Gasteiger partial charge in [-0.1, -0.05) is 15.9 Å². The van der Waals surface area contributed by atoms with Crippen LogP contribution in [-0.4, -0.2) is 30.1 Å². The first-order valence-electron chi connectivity index (χ1n) is 5.83. The van der Waals surface area contributed by atoms with Crippen molar-refractivity contribution in [2.75, 3.05) is 23.0 Å². The second-order valence-electron chi connectivity index (χ2n) is 4.20. The number of nitrogens with zero attached hydrogens (tertiary/aromatic N) is 2. The first-order valence-corrected chi connectivity index (χ1v) is 7.78. The number of carbonyl (C=O) groups is 1. The molecule has 0 saturated carbocycles. The van der Waals surface area contributed by atoms with E-state index in [1.54, 1.807) is 4.90 Å². The first-order chi connectivity index (χ1) is 9.11. The highest BCUT2D eigenvalue weighted by Gasteiger charge is 2.27. The number of anilines is 1. The number of nitriles is 1. The third-order valence-electron chi connectivity index (χ3n) is 2.67. The highest BCUT2D eigenvalue weighted by molar-refractivity contribution is 9.10. The Kier molecular flexibility index (Phi) is 4.72. The van der Waals surface area contributed by atoms with Crippen LogP contribution in [0.3, 0.4) is 0 Å². The van der Waals surface area contributed by atoms with Gasteiger partial charge in [-0.05, 0) is 25.1 Å². The van der Waals surface area contributed by atoms with Gasteiger partial charge in [-0.25, -0.2) is 0 Å². The summed E-state index contributed by atoms with van der Waals surface area (Å²) in [6.07, 6.45) is -0.0291. The highest BCUT2D eigenvalue weighted by Crippen LogP contribution is 2.36. The van der Waals surface area contributed by atoms with Gasteiger partial charge in [0.15, 0.2) is 0 Å². The molecule has 19 heavy (non-hydrogen) atoms. The molecule has 6 heteroatoms. The van der Waals surface area contributed by atoms with Crippen LogP contribution in [0.4, 0.5) is 5.69 Å². The van der Waals surface area contributed by atoms with Gasteiger partial charge in [0.25, 0.3) is 0 Å². The standard InChI is InChI=1S/C13H13BrN2O2S/c1-9-7-16(13(17)8-19-5-4-15)11-6-10(14)2-3-12(11)18-9/h2-3,6,9H,5,7-8H2,1H3. The van der Waals surface area contributed by atoms with Gasteiger partial charge in [0.1, 0.15) is 11.9 Å². The molecule has 0 saturated heterocycles. The topological polar surface area (TPSA) is 53.3 Å². The van der Waals surface area contributed by atoms with Crippen LogP contribution in [0.5, 0.6) is 5.75 Å². The Hall–Kier alpha value is -1.19. The maximum Gasteiger partial charge on any atom is 0.237 e. The number of carbonyl (C=O) groups excluding carboxylic acids is 1. The zero-order valence-corrected chi connectivity index (χ0v) is 12.8. The van der Waals surface area contributed by atoms with E-state index < -0.39 is 0 Å². The molecule has 0 bridgehead atoms. The molecular formula is C13H13BrN2O2S. The van der Waals surface area contributed by atoms with Crippen molar-refractivity contribution in [2.24, 2.45) is 0 Å². The van der Waals surface area contributed by atoms with E-state index in [-0.39, 0.29) is 12.0 Å². The molecule has 1 aliphatic rings. The van der Waals surface area contributed by atoms with Gasteiger partial charge in [-0.3, -0.25) is 4.79 Å². The molecule has 0 aliphatic carbocycles. The Bertz CT molecular complexity index is 530. The molecule has 1 amide bonds. The van der Waals surface area contributed by atoms with E-state index in [9.17, 15) is 4.79 Å². The van der Waals surface area contributed by atoms with Crippen LogP contribution in [0.25, 0.3) is 0 Å². The number of rotatable bonds is 3. The quantitative estimate of drug-likeness (QED) is 0.794. The first kappa shape index (κ1) is 14.2. The number of halogens is 1. The number of ether oxygens (including phenoxy) is 1. The minimum Gasteiger partial charge on any atom is -0.487 e. The molecular weight excluding hydrogens is 328 g/mol.